The van der Waals surface area contributed by atoms with Crippen molar-refractivity contribution < 1.29 is 49.0 Å². The second-order valence-electron chi connectivity index (χ2n) is 7.68. The number of fused-ring (bicyclic) bond motifs is 6. The number of hydrogen-bond donors (Lipinski definition) is 0. The van der Waals surface area contributed by atoms with Crippen molar-refractivity contribution in [2.75, 3.05) is 0 Å². The predicted molar refractivity (Wildman–Crippen MR) is 128 cm³/mol. The van der Waals surface area contributed by atoms with Gasteiger partial charge in [0.05, 0.1) is 0 Å². The van der Waals surface area contributed by atoms with E-state index in [0.29, 0.717) is 0 Å². The molecule has 0 unspecified atom stereocenters. The molecule has 0 heterocycles. The Balaban J connectivity index is 0.000000206. The maximum Gasteiger partial charge on any atom is -0.0188 e. The number of rotatable bonds is 0. The van der Waals surface area contributed by atoms with Crippen LogP contribution in [0.15, 0.2) is 97.1 Å². The first-order chi connectivity index (χ1) is 14.6. The minimum Gasteiger partial charge on any atom is -1.00 e. The quantitative estimate of drug-likeness (QED) is 0.209. The first-order valence-electron chi connectivity index (χ1n) is 10.3. The fraction of sp³-hybridized carbons (Fsp3) is 0.103. The maximum atomic E-state index is 3.33. The summed E-state index contributed by atoms with van der Waals surface area (Å²) in [4.78, 5) is 0. The van der Waals surface area contributed by atoms with Crippen LogP contribution in [-0.2, 0) is 30.7 Å². The molecule has 0 bridgehead atoms. The van der Waals surface area contributed by atoms with Gasteiger partial charge in [-0.1, -0.05) is 54.3 Å². The first-order valence-corrected chi connectivity index (χ1v) is 11.5. The average Bonchev–Trinajstić information content (AvgIpc) is 3.42. The van der Waals surface area contributed by atoms with Crippen molar-refractivity contribution in [2.24, 2.45) is 0 Å². The number of allylic oxidation sites excluding steroid dienone is 1. The van der Waals surface area contributed by atoms with Gasteiger partial charge in [0.2, 0.25) is 0 Å². The Morgan fingerprint density at radius 2 is 1.41 bits per heavy atom. The van der Waals surface area contributed by atoms with Gasteiger partial charge in [0.15, 0.2) is 0 Å². The molecule has 0 aliphatic heterocycles. The fourth-order valence-electron chi connectivity index (χ4n) is 3.85. The van der Waals surface area contributed by atoms with Gasteiger partial charge in [0.1, 0.15) is 0 Å². The Bertz CT molecular complexity index is 1330. The molecule has 0 radical (unpaired) electrons. The molecule has 0 atom stereocenters. The van der Waals surface area contributed by atoms with Gasteiger partial charge in [-0.15, -0.1) is 41.3 Å². The topological polar surface area (TPSA) is 0 Å². The van der Waals surface area contributed by atoms with Crippen LogP contribution in [0, 0.1) is 6.08 Å². The van der Waals surface area contributed by atoms with Crippen molar-refractivity contribution in [3.05, 3.63) is 114 Å². The van der Waals surface area contributed by atoms with E-state index < -0.39 is 0 Å². The average molecular weight is 535 g/mol. The van der Waals surface area contributed by atoms with E-state index in [1.54, 1.807) is 24.2 Å². The van der Waals surface area contributed by atoms with Crippen LogP contribution in [0.3, 0.4) is 0 Å². The van der Waals surface area contributed by atoms with Crippen LogP contribution in [0.4, 0.5) is 0 Å². The van der Waals surface area contributed by atoms with Crippen LogP contribution in [-0.4, -0.2) is 3.21 Å². The first kappa shape index (κ1) is 26.3. The normalized spacial score (nSPS) is 10.9. The Hall–Kier alpha value is -1.92. The summed E-state index contributed by atoms with van der Waals surface area (Å²) in [5.41, 5.74) is 2.69. The number of hydrogen-bond acceptors (Lipinski definition) is 0. The minimum absolute atomic E-state index is 0. The van der Waals surface area contributed by atoms with Crippen molar-refractivity contribution in [1.82, 2.24) is 0 Å². The second kappa shape index (κ2) is 12.4. The Kier molecular flexibility index (Phi) is 10.2. The third kappa shape index (κ3) is 6.11. The molecule has 0 aromatic heterocycles. The van der Waals surface area contributed by atoms with Crippen LogP contribution in [0.5, 0.6) is 0 Å². The van der Waals surface area contributed by atoms with E-state index in [0.717, 1.165) is 6.42 Å². The third-order valence-electron chi connectivity index (χ3n) is 5.13. The zero-order valence-corrected chi connectivity index (χ0v) is 22.2. The van der Waals surface area contributed by atoms with Gasteiger partial charge in [-0.3, -0.25) is 0 Å². The summed E-state index contributed by atoms with van der Waals surface area (Å²) in [7, 11) is 0. The van der Waals surface area contributed by atoms with E-state index in [4.69, 9.17) is 0 Å². The van der Waals surface area contributed by atoms with E-state index in [9.17, 15) is 0 Å². The van der Waals surface area contributed by atoms with Crippen LogP contribution >= 0.6 is 0 Å². The van der Waals surface area contributed by atoms with Crippen molar-refractivity contribution >= 4 is 35.5 Å². The molecule has 0 N–H and O–H groups in total. The van der Waals surface area contributed by atoms with E-state index in [2.05, 4.69) is 117 Å². The SMILES string of the molecule is C[C](C)=[Zr+2].[C-]1=CCc2c1ccc1ccc3ccccc3c21.[Cl-].[Cl-].c1ccc2[cH-]ccc2c1. The van der Waals surface area contributed by atoms with Gasteiger partial charge in [0.25, 0.3) is 0 Å². The molecule has 0 nitrogen and oxygen atoms in total. The standard InChI is InChI=1S/C17H11.C9H7.C3H6.2ClH.Zr/c1-2-6-15-12(4-1)8-10-14-11-9-13-5-3-7-16(13)17(14)15;1-2-5-9-7-3-6-8(9)4-1;1-3-2;;;/h1-4,6,8-11H,7H2;1-7H;1-2H3;2*1H;/q2*-1;;;;+2/p-2. The Labute approximate surface area is 217 Å². The van der Waals surface area contributed by atoms with Gasteiger partial charge in [0, 0.05) is 0 Å². The predicted octanol–water partition coefficient (Wildman–Crippen LogP) is 1.57. The zero-order valence-electron chi connectivity index (χ0n) is 18.2. The van der Waals surface area contributed by atoms with Crippen LogP contribution in [0.2, 0.25) is 0 Å². The Morgan fingerprint density at radius 1 is 0.781 bits per heavy atom. The van der Waals surface area contributed by atoms with Crippen molar-refractivity contribution in [2.45, 2.75) is 20.3 Å². The summed E-state index contributed by atoms with van der Waals surface area (Å²) in [5, 5.41) is 8.08. The summed E-state index contributed by atoms with van der Waals surface area (Å²) < 4.78 is 1.51. The molecule has 0 saturated heterocycles. The molecule has 6 rings (SSSR count). The smallest absolute Gasteiger partial charge is 0.0188 e. The maximum absolute atomic E-state index is 3.33. The summed E-state index contributed by atoms with van der Waals surface area (Å²) in [6.45, 7) is 4.25. The van der Waals surface area contributed by atoms with Gasteiger partial charge in [-0.05, 0) is 16.2 Å². The largest absolute Gasteiger partial charge is 1.00 e. The number of halogens is 2. The molecule has 0 fully saturated rings. The summed E-state index contributed by atoms with van der Waals surface area (Å²) in [6.07, 6.45) is 6.48. The third-order valence-corrected chi connectivity index (χ3v) is 5.13. The molecule has 0 amide bonds. The zero-order chi connectivity index (χ0) is 20.9. The van der Waals surface area contributed by atoms with Crippen LogP contribution < -0.4 is 24.8 Å². The molecule has 3 heteroatoms. The summed E-state index contributed by atoms with van der Waals surface area (Å²) in [6, 6.07) is 32.1. The fourth-order valence-corrected chi connectivity index (χ4v) is 3.85. The van der Waals surface area contributed by atoms with Gasteiger partial charge >= 0.3 is 41.3 Å². The minimum atomic E-state index is 0. The molecule has 1 aliphatic carbocycles. The number of benzene rings is 4. The van der Waals surface area contributed by atoms with Gasteiger partial charge in [-0.25, -0.2) is 0 Å². The second-order valence-corrected chi connectivity index (χ2v) is 10.1. The Morgan fingerprint density at radius 3 is 2.16 bits per heavy atom. The molecule has 5 aromatic carbocycles. The summed E-state index contributed by atoms with van der Waals surface area (Å²) >= 11 is 1.55. The molecule has 1 aliphatic rings. The van der Waals surface area contributed by atoms with E-state index in [1.165, 1.54) is 46.7 Å². The van der Waals surface area contributed by atoms with Crippen molar-refractivity contribution in [3.63, 3.8) is 0 Å². The molecule has 32 heavy (non-hydrogen) atoms. The van der Waals surface area contributed by atoms with E-state index in [1.807, 2.05) is 0 Å². The molecule has 160 valence electrons. The molecular formula is C29H24Cl2Zr-2. The molecule has 0 spiro atoms. The van der Waals surface area contributed by atoms with E-state index in [-0.39, 0.29) is 24.8 Å². The van der Waals surface area contributed by atoms with Crippen LogP contribution in [0.25, 0.3) is 32.3 Å². The molecular weight excluding hydrogens is 510 g/mol. The summed E-state index contributed by atoms with van der Waals surface area (Å²) in [5.74, 6) is 0. The van der Waals surface area contributed by atoms with E-state index >= 15 is 0 Å². The van der Waals surface area contributed by atoms with Crippen molar-refractivity contribution in [1.29, 1.82) is 0 Å². The van der Waals surface area contributed by atoms with Gasteiger partial charge < -0.3 is 24.8 Å². The molecule has 5 aromatic rings. The van der Waals surface area contributed by atoms with Crippen molar-refractivity contribution in [3.8, 4) is 0 Å². The molecule has 0 saturated carbocycles. The monoisotopic (exact) mass is 532 g/mol. The van der Waals surface area contributed by atoms with Gasteiger partial charge in [-0.2, -0.15) is 41.3 Å². The van der Waals surface area contributed by atoms with Crippen LogP contribution in [0.1, 0.15) is 25.0 Å².